The third kappa shape index (κ3) is 1.80. The molecule has 0 amide bonds. The zero-order chi connectivity index (χ0) is 9.97. The summed E-state index contributed by atoms with van der Waals surface area (Å²) >= 11 is 5.36. The fourth-order valence-electron chi connectivity index (χ4n) is 1.52. The van der Waals surface area contributed by atoms with Gasteiger partial charge in [0.05, 0.1) is 0 Å². The van der Waals surface area contributed by atoms with Crippen LogP contribution in [-0.2, 0) is 4.79 Å². The van der Waals surface area contributed by atoms with Crippen LogP contribution >= 0.6 is 11.6 Å². The van der Waals surface area contributed by atoms with Gasteiger partial charge < -0.3 is 4.74 Å². The first-order valence-electron chi connectivity index (χ1n) is 4.37. The number of para-hydroxylation sites is 1. The maximum absolute atomic E-state index is 10.8. The van der Waals surface area contributed by atoms with Crippen LogP contribution in [0.25, 0.3) is 5.57 Å². The fourth-order valence-corrected chi connectivity index (χ4v) is 1.66. The minimum absolute atomic E-state index is 0.266. The third-order valence-electron chi connectivity index (χ3n) is 2.13. The minimum atomic E-state index is -0.340. The van der Waals surface area contributed by atoms with Crippen molar-refractivity contribution in [1.29, 1.82) is 0 Å². The lowest BCUT2D eigenvalue weighted by atomic mass is 10.0. The number of benzene rings is 1. The Morgan fingerprint density at radius 3 is 3.00 bits per heavy atom. The number of carbonyl (C=O) groups excluding carboxylic acids is 1. The number of hydrogen-bond acceptors (Lipinski definition) is 2. The molecule has 1 aromatic rings. The van der Waals surface area contributed by atoms with Crippen molar-refractivity contribution in [1.82, 2.24) is 0 Å². The van der Waals surface area contributed by atoms with Gasteiger partial charge in [-0.3, -0.25) is 4.79 Å². The van der Waals surface area contributed by atoms with E-state index in [-0.39, 0.29) is 11.7 Å². The van der Waals surface area contributed by atoms with E-state index >= 15 is 0 Å². The zero-order valence-electron chi connectivity index (χ0n) is 7.50. The topological polar surface area (TPSA) is 26.3 Å². The van der Waals surface area contributed by atoms with E-state index < -0.39 is 0 Å². The van der Waals surface area contributed by atoms with Crippen molar-refractivity contribution >= 4 is 22.4 Å². The standard InChI is InChI=1S/C11H9ClO2/c12-11(13)7-8-5-6-14-10-4-2-1-3-9(8)10/h1-5H,6-7H2. The van der Waals surface area contributed by atoms with Crippen LogP contribution in [0.3, 0.4) is 0 Å². The quantitative estimate of drug-likeness (QED) is 0.699. The summed E-state index contributed by atoms with van der Waals surface area (Å²) < 4.78 is 5.40. The summed E-state index contributed by atoms with van der Waals surface area (Å²) in [7, 11) is 0. The second-order valence-electron chi connectivity index (χ2n) is 3.07. The maximum atomic E-state index is 10.8. The van der Waals surface area contributed by atoms with Gasteiger partial charge in [0.1, 0.15) is 12.4 Å². The second kappa shape index (κ2) is 3.84. The Balaban J connectivity index is 2.35. The molecule has 72 valence electrons. The van der Waals surface area contributed by atoms with E-state index in [0.29, 0.717) is 6.61 Å². The molecule has 2 nitrogen and oxygen atoms in total. The SMILES string of the molecule is O=C(Cl)CC1=CCOc2ccccc21. The molecule has 1 heterocycles. The molecule has 0 aliphatic carbocycles. The van der Waals surface area contributed by atoms with E-state index in [4.69, 9.17) is 16.3 Å². The van der Waals surface area contributed by atoms with E-state index in [1.54, 1.807) is 0 Å². The lowest BCUT2D eigenvalue weighted by molar-refractivity contribution is -0.110. The highest BCUT2D eigenvalue weighted by Gasteiger charge is 2.14. The molecule has 0 spiro atoms. The van der Waals surface area contributed by atoms with Crippen molar-refractivity contribution in [2.24, 2.45) is 0 Å². The summed E-state index contributed by atoms with van der Waals surface area (Å²) in [5.74, 6) is 0.822. The van der Waals surface area contributed by atoms with E-state index in [9.17, 15) is 4.79 Å². The van der Waals surface area contributed by atoms with Gasteiger partial charge in [-0.1, -0.05) is 18.2 Å². The van der Waals surface area contributed by atoms with Crippen molar-refractivity contribution in [3.63, 3.8) is 0 Å². The van der Waals surface area contributed by atoms with Crippen molar-refractivity contribution < 1.29 is 9.53 Å². The van der Waals surface area contributed by atoms with Crippen LogP contribution < -0.4 is 4.74 Å². The second-order valence-corrected chi connectivity index (χ2v) is 3.49. The molecule has 1 aliphatic heterocycles. The molecule has 0 aromatic heterocycles. The van der Waals surface area contributed by atoms with E-state index in [2.05, 4.69) is 0 Å². The Bertz CT molecular complexity index is 396. The Labute approximate surface area is 87.1 Å². The number of allylic oxidation sites excluding steroid dienone is 1. The molecule has 1 aliphatic rings. The molecule has 0 bridgehead atoms. The van der Waals surface area contributed by atoms with Crippen LogP contribution in [0.15, 0.2) is 30.3 Å². The van der Waals surface area contributed by atoms with Crippen molar-refractivity contribution in [3.05, 3.63) is 35.9 Å². The molecule has 0 unspecified atom stereocenters. The molecule has 0 saturated carbocycles. The van der Waals surface area contributed by atoms with Gasteiger partial charge in [0.15, 0.2) is 0 Å². The van der Waals surface area contributed by atoms with Crippen LogP contribution in [-0.4, -0.2) is 11.8 Å². The van der Waals surface area contributed by atoms with Gasteiger partial charge in [0, 0.05) is 12.0 Å². The molecule has 14 heavy (non-hydrogen) atoms. The normalized spacial score (nSPS) is 13.9. The van der Waals surface area contributed by atoms with Crippen LogP contribution in [0.2, 0.25) is 0 Å². The van der Waals surface area contributed by atoms with Crippen molar-refractivity contribution in [2.45, 2.75) is 6.42 Å². The van der Waals surface area contributed by atoms with Crippen LogP contribution in [0.5, 0.6) is 5.75 Å². The lowest BCUT2D eigenvalue weighted by Crippen LogP contribution is -2.05. The van der Waals surface area contributed by atoms with Gasteiger partial charge >= 0.3 is 0 Å². The summed E-state index contributed by atoms with van der Waals surface area (Å²) in [6, 6.07) is 7.64. The Kier molecular flexibility index (Phi) is 2.55. The Morgan fingerprint density at radius 1 is 1.43 bits per heavy atom. The molecule has 0 N–H and O–H groups in total. The first-order chi connectivity index (χ1) is 6.77. The van der Waals surface area contributed by atoms with Gasteiger partial charge in [0.25, 0.3) is 0 Å². The molecule has 1 aromatic carbocycles. The van der Waals surface area contributed by atoms with Crippen LogP contribution in [0.1, 0.15) is 12.0 Å². The smallest absolute Gasteiger partial charge is 0.226 e. The molecule has 0 saturated heterocycles. The number of halogens is 1. The average Bonchev–Trinajstić information content (AvgIpc) is 2.18. The van der Waals surface area contributed by atoms with Crippen molar-refractivity contribution in [2.75, 3.05) is 6.61 Å². The molecule has 2 rings (SSSR count). The summed E-state index contributed by atoms with van der Waals surface area (Å²) in [5.41, 5.74) is 1.92. The highest BCUT2D eigenvalue weighted by Crippen LogP contribution is 2.31. The summed E-state index contributed by atoms with van der Waals surface area (Å²) in [5, 5.41) is -0.340. The van der Waals surface area contributed by atoms with Crippen molar-refractivity contribution in [3.8, 4) is 5.75 Å². The number of rotatable bonds is 2. The largest absolute Gasteiger partial charge is 0.489 e. The highest BCUT2D eigenvalue weighted by atomic mass is 35.5. The number of hydrogen-bond donors (Lipinski definition) is 0. The van der Waals surface area contributed by atoms with Gasteiger partial charge in [-0.2, -0.15) is 0 Å². The summed E-state index contributed by atoms with van der Waals surface area (Å²) in [6.45, 7) is 0.510. The predicted molar refractivity (Wildman–Crippen MR) is 55.4 cm³/mol. The summed E-state index contributed by atoms with van der Waals surface area (Å²) in [4.78, 5) is 10.8. The minimum Gasteiger partial charge on any atom is -0.489 e. The molecular formula is C11H9ClO2. The number of ether oxygens (including phenoxy) is 1. The van der Waals surface area contributed by atoms with Gasteiger partial charge in [-0.25, -0.2) is 0 Å². The first kappa shape index (κ1) is 9.28. The monoisotopic (exact) mass is 208 g/mol. The summed E-state index contributed by atoms with van der Waals surface area (Å²) in [6.07, 6.45) is 2.16. The maximum Gasteiger partial charge on any atom is 0.226 e. The lowest BCUT2D eigenvalue weighted by Gasteiger charge is -2.17. The third-order valence-corrected chi connectivity index (χ3v) is 2.26. The van der Waals surface area contributed by atoms with Gasteiger partial charge in [-0.15, -0.1) is 0 Å². The van der Waals surface area contributed by atoms with Crippen LogP contribution in [0.4, 0.5) is 0 Å². The molecule has 0 radical (unpaired) electrons. The number of carbonyl (C=O) groups is 1. The van der Waals surface area contributed by atoms with Crippen LogP contribution in [0, 0.1) is 0 Å². The highest BCUT2D eigenvalue weighted by molar-refractivity contribution is 6.64. The van der Waals surface area contributed by atoms with E-state index in [0.717, 1.165) is 16.9 Å². The van der Waals surface area contributed by atoms with Gasteiger partial charge in [0.2, 0.25) is 5.24 Å². The van der Waals surface area contributed by atoms with E-state index in [1.165, 1.54) is 0 Å². The molecule has 3 heteroatoms. The average molecular weight is 209 g/mol. The zero-order valence-corrected chi connectivity index (χ0v) is 8.25. The Hall–Kier alpha value is -1.28. The Morgan fingerprint density at radius 2 is 2.21 bits per heavy atom. The molecule has 0 atom stereocenters. The molecular weight excluding hydrogens is 200 g/mol. The molecule has 0 fully saturated rings. The first-order valence-corrected chi connectivity index (χ1v) is 4.75. The van der Waals surface area contributed by atoms with Gasteiger partial charge in [-0.05, 0) is 29.3 Å². The van der Waals surface area contributed by atoms with E-state index in [1.807, 2.05) is 30.3 Å². The fraction of sp³-hybridized carbons (Fsp3) is 0.182. The predicted octanol–water partition coefficient (Wildman–Crippen LogP) is 2.62. The number of fused-ring (bicyclic) bond motifs is 1.